The molecule has 0 spiro atoms. The first-order valence-electron chi connectivity index (χ1n) is 11.5. The summed E-state index contributed by atoms with van der Waals surface area (Å²) in [6.07, 6.45) is 0. The number of fused-ring (bicyclic) bond motifs is 2. The number of amides is 1. The summed E-state index contributed by atoms with van der Waals surface area (Å²) in [5.74, 6) is 0.438. The second-order valence-electron chi connectivity index (χ2n) is 8.57. The van der Waals surface area contributed by atoms with Gasteiger partial charge in [0.25, 0.3) is 5.91 Å². The number of para-hydroxylation sites is 1. The molecule has 0 N–H and O–H groups in total. The van der Waals surface area contributed by atoms with E-state index >= 15 is 0 Å². The predicted molar refractivity (Wildman–Crippen MR) is 142 cm³/mol. The fraction of sp³-hybridized carbons (Fsp3) is 0.0667. The second kappa shape index (κ2) is 9.13. The molecule has 6 heteroatoms. The van der Waals surface area contributed by atoms with Crippen LogP contribution < -0.4 is 15.1 Å². The molecule has 5 nitrogen and oxygen atoms in total. The molecule has 0 saturated heterocycles. The van der Waals surface area contributed by atoms with Gasteiger partial charge < -0.3 is 9.15 Å². The number of hydrogen-bond donors (Lipinski definition) is 0. The van der Waals surface area contributed by atoms with Gasteiger partial charge in [-0.3, -0.25) is 14.5 Å². The summed E-state index contributed by atoms with van der Waals surface area (Å²) in [5.41, 5.74) is 3.08. The van der Waals surface area contributed by atoms with Gasteiger partial charge in [-0.05, 0) is 59.7 Å². The fourth-order valence-corrected chi connectivity index (χ4v) is 4.85. The van der Waals surface area contributed by atoms with Crippen molar-refractivity contribution in [2.24, 2.45) is 0 Å². The highest BCUT2D eigenvalue weighted by Gasteiger charge is 2.43. The van der Waals surface area contributed by atoms with Crippen molar-refractivity contribution in [3.8, 4) is 5.75 Å². The van der Waals surface area contributed by atoms with Crippen LogP contribution in [-0.2, 0) is 6.61 Å². The Kier molecular flexibility index (Phi) is 5.66. The highest BCUT2D eigenvalue weighted by atomic mass is 79.9. The first-order chi connectivity index (χ1) is 17.6. The lowest BCUT2D eigenvalue weighted by atomic mass is 9.98. The number of nitrogens with zero attached hydrogens (tertiary/aromatic N) is 1. The van der Waals surface area contributed by atoms with Crippen molar-refractivity contribution >= 4 is 38.5 Å². The minimum absolute atomic E-state index is 0.0797. The number of carbonyl (C=O) groups is 1. The second-order valence-corrected chi connectivity index (χ2v) is 9.48. The van der Waals surface area contributed by atoms with Crippen LogP contribution >= 0.6 is 15.9 Å². The van der Waals surface area contributed by atoms with Crippen molar-refractivity contribution in [2.75, 3.05) is 4.90 Å². The molecule has 1 atom stereocenters. The minimum Gasteiger partial charge on any atom is -0.489 e. The number of anilines is 1. The van der Waals surface area contributed by atoms with Crippen LogP contribution in [0.4, 0.5) is 5.69 Å². The van der Waals surface area contributed by atoms with Gasteiger partial charge in [-0.25, -0.2) is 0 Å². The molecule has 2 heterocycles. The van der Waals surface area contributed by atoms with E-state index in [1.54, 1.807) is 29.2 Å². The number of halogens is 1. The van der Waals surface area contributed by atoms with Gasteiger partial charge in [0, 0.05) is 10.2 Å². The van der Waals surface area contributed by atoms with Crippen LogP contribution in [0.25, 0.3) is 11.0 Å². The van der Waals surface area contributed by atoms with Gasteiger partial charge in [-0.2, -0.15) is 0 Å². The maximum Gasteiger partial charge on any atom is 0.295 e. The third-order valence-electron chi connectivity index (χ3n) is 6.33. The van der Waals surface area contributed by atoms with Gasteiger partial charge >= 0.3 is 0 Å². The number of hydrogen-bond acceptors (Lipinski definition) is 4. The summed E-state index contributed by atoms with van der Waals surface area (Å²) in [6.45, 7) is 0.450. The summed E-state index contributed by atoms with van der Waals surface area (Å²) in [7, 11) is 0. The Morgan fingerprint density at radius 1 is 0.806 bits per heavy atom. The van der Waals surface area contributed by atoms with Gasteiger partial charge in [0.15, 0.2) is 5.43 Å². The number of rotatable bonds is 5. The molecule has 0 aliphatic carbocycles. The van der Waals surface area contributed by atoms with Crippen LogP contribution in [0.15, 0.2) is 117 Å². The van der Waals surface area contributed by atoms with Crippen molar-refractivity contribution in [1.82, 2.24) is 0 Å². The van der Waals surface area contributed by atoms with Crippen molar-refractivity contribution in [3.05, 3.63) is 140 Å². The Balaban J connectivity index is 1.43. The molecule has 0 saturated carbocycles. The number of benzene rings is 4. The molecule has 0 bridgehead atoms. The number of carbonyl (C=O) groups excluding carboxylic acids is 1. The van der Waals surface area contributed by atoms with Crippen LogP contribution in [0, 0.1) is 0 Å². The van der Waals surface area contributed by atoms with Crippen molar-refractivity contribution in [2.45, 2.75) is 12.6 Å². The van der Waals surface area contributed by atoms with Crippen LogP contribution in [-0.4, -0.2) is 5.91 Å². The zero-order valence-corrected chi connectivity index (χ0v) is 20.6. The maximum atomic E-state index is 13.6. The van der Waals surface area contributed by atoms with E-state index in [9.17, 15) is 9.59 Å². The highest BCUT2D eigenvalue weighted by molar-refractivity contribution is 9.10. The molecule has 0 fully saturated rings. The molecule has 1 aliphatic rings. The quantitative estimate of drug-likeness (QED) is 0.245. The predicted octanol–water partition coefficient (Wildman–Crippen LogP) is 6.88. The molecule has 1 amide bonds. The summed E-state index contributed by atoms with van der Waals surface area (Å²) in [4.78, 5) is 28.9. The normalized spacial score (nSPS) is 14.8. The zero-order valence-electron chi connectivity index (χ0n) is 19.1. The summed E-state index contributed by atoms with van der Waals surface area (Å²) in [5, 5.41) is 0.453. The smallest absolute Gasteiger partial charge is 0.295 e. The van der Waals surface area contributed by atoms with E-state index in [1.165, 1.54) is 0 Å². The average Bonchev–Trinajstić information content (AvgIpc) is 3.21. The fourth-order valence-electron chi connectivity index (χ4n) is 4.59. The van der Waals surface area contributed by atoms with Gasteiger partial charge in [0.05, 0.1) is 17.0 Å². The molecule has 0 radical (unpaired) electrons. The largest absolute Gasteiger partial charge is 0.489 e. The maximum absolute atomic E-state index is 13.6. The molecule has 5 aromatic rings. The Hall–Kier alpha value is -4.16. The minimum atomic E-state index is -0.627. The van der Waals surface area contributed by atoms with Gasteiger partial charge in [-0.15, -0.1) is 0 Å². The Bertz CT molecular complexity index is 1630. The van der Waals surface area contributed by atoms with Gasteiger partial charge in [-0.1, -0.05) is 70.5 Å². The first-order valence-corrected chi connectivity index (χ1v) is 12.3. The standard InChI is InChI=1S/C30H20BrNO4/c31-21-12-14-22(15-13-21)32-27(20-10-16-23(17-11-20)35-18-19-6-2-1-3-7-19)26-28(33)24-8-4-5-9-25(24)36-29(26)30(32)34/h1-17,27H,18H2. The Morgan fingerprint density at radius 3 is 2.25 bits per heavy atom. The first kappa shape index (κ1) is 22.3. The van der Waals surface area contributed by atoms with Crippen molar-refractivity contribution in [1.29, 1.82) is 0 Å². The van der Waals surface area contributed by atoms with Crippen LogP contribution in [0.5, 0.6) is 5.75 Å². The van der Waals surface area contributed by atoms with Crippen molar-refractivity contribution in [3.63, 3.8) is 0 Å². The molecule has 36 heavy (non-hydrogen) atoms. The topological polar surface area (TPSA) is 59.8 Å². The summed E-state index contributed by atoms with van der Waals surface area (Å²) in [6, 6.07) is 31.3. The van der Waals surface area contributed by atoms with E-state index in [4.69, 9.17) is 9.15 Å². The summed E-state index contributed by atoms with van der Waals surface area (Å²) < 4.78 is 12.8. The lowest BCUT2D eigenvalue weighted by Gasteiger charge is -2.25. The summed E-state index contributed by atoms with van der Waals surface area (Å²) >= 11 is 3.45. The van der Waals surface area contributed by atoms with Crippen LogP contribution in [0.2, 0.25) is 0 Å². The molecule has 6 rings (SSSR count). The van der Waals surface area contributed by atoms with Gasteiger partial charge in [0.1, 0.15) is 17.9 Å². The van der Waals surface area contributed by atoms with Crippen LogP contribution in [0.1, 0.15) is 33.3 Å². The monoisotopic (exact) mass is 537 g/mol. The third-order valence-corrected chi connectivity index (χ3v) is 6.86. The zero-order chi connectivity index (χ0) is 24.6. The SMILES string of the molecule is O=C1c2oc3ccccc3c(=O)c2C(c2ccc(OCc3ccccc3)cc2)N1c1ccc(Br)cc1. The molecule has 1 unspecified atom stereocenters. The van der Waals surface area contributed by atoms with Crippen molar-refractivity contribution < 1.29 is 13.9 Å². The van der Waals surface area contributed by atoms with Gasteiger partial charge in [0.2, 0.25) is 5.76 Å². The van der Waals surface area contributed by atoms with E-state index < -0.39 is 6.04 Å². The molecule has 176 valence electrons. The highest BCUT2D eigenvalue weighted by Crippen LogP contribution is 2.41. The molecule has 1 aliphatic heterocycles. The Morgan fingerprint density at radius 2 is 1.50 bits per heavy atom. The average molecular weight is 538 g/mol. The molecule has 4 aromatic carbocycles. The number of ether oxygens (including phenoxy) is 1. The lowest BCUT2D eigenvalue weighted by molar-refractivity contribution is 0.0971. The third kappa shape index (κ3) is 3.89. The van der Waals surface area contributed by atoms with E-state index in [0.717, 1.165) is 15.6 Å². The van der Waals surface area contributed by atoms with E-state index in [1.807, 2.05) is 78.9 Å². The van der Waals surface area contributed by atoms with Crippen LogP contribution in [0.3, 0.4) is 0 Å². The van der Waals surface area contributed by atoms with E-state index in [0.29, 0.717) is 34.6 Å². The molecule has 1 aromatic heterocycles. The lowest BCUT2D eigenvalue weighted by Crippen LogP contribution is -2.29. The molecular weight excluding hydrogens is 518 g/mol. The Labute approximate surface area is 215 Å². The van der Waals surface area contributed by atoms with E-state index in [2.05, 4.69) is 15.9 Å². The van der Waals surface area contributed by atoms with E-state index in [-0.39, 0.29) is 17.1 Å². The molecular formula is C30H20BrNO4.